The van der Waals surface area contributed by atoms with Crippen LogP contribution in [0, 0.1) is 13.8 Å². The van der Waals surface area contributed by atoms with Crippen molar-refractivity contribution in [2.24, 2.45) is 0 Å². The average Bonchev–Trinajstić information content (AvgIpc) is 2.93. The van der Waals surface area contributed by atoms with E-state index in [2.05, 4.69) is 46.5 Å². The van der Waals surface area contributed by atoms with Crippen molar-refractivity contribution in [1.82, 2.24) is 19.4 Å². The Morgan fingerprint density at radius 3 is 2.34 bits per heavy atom. The van der Waals surface area contributed by atoms with E-state index in [4.69, 9.17) is 0 Å². The molecule has 1 saturated heterocycles. The topological polar surface area (TPSA) is 41.4 Å². The summed E-state index contributed by atoms with van der Waals surface area (Å²) >= 11 is 0. The molecule has 1 fully saturated rings. The number of hydrogen-bond acceptors (Lipinski definition) is 3. The Labute approximate surface area is 172 Å². The quantitative estimate of drug-likeness (QED) is 0.682. The third kappa shape index (κ3) is 4.40. The van der Waals surface area contributed by atoms with Crippen molar-refractivity contribution in [2.45, 2.75) is 26.8 Å². The van der Waals surface area contributed by atoms with Crippen LogP contribution in [0.15, 0.2) is 60.8 Å². The third-order valence-electron chi connectivity index (χ3n) is 5.63. The van der Waals surface area contributed by atoms with Crippen LogP contribution in [0.1, 0.15) is 33.9 Å². The molecule has 0 atom stereocenters. The van der Waals surface area contributed by atoms with Crippen molar-refractivity contribution in [2.75, 3.05) is 26.2 Å². The van der Waals surface area contributed by atoms with Gasteiger partial charge in [0.25, 0.3) is 5.91 Å². The first-order valence-electron chi connectivity index (χ1n) is 10.3. The molecule has 3 heterocycles. The monoisotopic (exact) mass is 388 g/mol. The lowest BCUT2D eigenvalue weighted by atomic mass is 10.1. The summed E-state index contributed by atoms with van der Waals surface area (Å²) in [7, 11) is 0. The molecule has 0 unspecified atom stereocenters. The Hall–Kier alpha value is -2.92. The largest absolute Gasteiger partial charge is 0.337 e. The number of benzene rings is 1. The summed E-state index contributed by atoms with van der Waals surface area (Å²) in [6.07, 6.45) is 2.82. The van der Waals surface area contributed by atoms with Gasteiger partial charge >= 0.3 is 0 Å². The second-order valence-electron chi connectivity index (χ2n) is 7.74. The predicted molar refractivity (Wildman–Crippen MR) is 115 cm³/mol. The van der Waals surface area contributed by atoms with Crippen LogP contribution in [0.5, 0.6) is 0 Å². The summed E-state index contributed by atoms with van der Waals surface area (Å²) in [6.45, 7) is 8.46. The first kappa shape index (κ1) is 19.4. The summed E-state index contributed by atoms with van der Waals surface area (Å²) < 4.78 is 2.20. The Bertz CT molecular complexity index is 943. The number of amides is 1. The van der Waals surface area contributed by atoms with Crippen LogP contribution in [0.3, 0.4) is 0 Å². The third-order valence-corrected chi connectivity index (χ3v) is 5.63. The summed E-state index contributed by atoms with van der Waals surface area (Å²) in [4.78, 5) is 21.8. The number of carbonyl (C=O) groups excluding carboxylic acids is 1. The Morgan fingerprint density at radius 2 is 1.66 bits per heavy atom. The number of rotatable bonds is 4. The standard InChI is InChI=1S/C24H28N4O/c1-19-7-8-20(2)28(19)23-11-9-21(10-12-23)24(29)27-15-5-14-26(16-17-27)18-22-6-3-4-13-25-22/h3-4,6-13H,5,14-18H2,1-2H3. The van der Waals surface area contributed by atoms with Crippen LogP contribution >= 0.6 is 0 Å². The summed E-state index contributed by atoms with van der Waals surface area (Å²) in [5, 5.41) is 0. The molecule has 1 aromatic carbocycles. The van der Waals surface area contributed by atoms with E-state index in [0.29, 0.717) is 0 Å². The van der Waals surface area contributed by atoms with Crippen molar-refractivity contribution in [3.05, 3.63) is 83.4 Å². The highest BCUT2D eigenvalue weighted by atomic mass is 16.2. The molecular weight excluding hydrogens is 360 g/mol. The van der Waals surface area contributed by atoms with E-state index < -0.39 is 0 Å². The van der Waals surface area contributed by atoms with Gasteiger partial charge in [0.15, 0.2) is 0 Å². The van der Waals surface area contributed by atoms with Gasteiger partial charge in [-0.1, -0.05) is 6.07 Å². The molecule has 5 heteroatoms. The van der Waals surface area contributed by atoms with Crippen molar-refractivity contribution in [1.29, 1.82) is 0 Å². The number of aromatic nitrogens is 2. The molecule has 3 aromatic rings. The van der Waals surface area contributed by atoms with Crippen molar-refractivity contribution in [3.63, 3.8) is 0 Å². The van der Waals surface area contributed by atoms with E-state index >= 15 is 0 Å². The highest BCUT2D eigenvalue weighted by molar-refractivity contribution is 5.94. The maximum Gasteiger partial charge on any atom is 0.253 e. The lowest BCUT2D eigenvalue weighted by molar-refractivity contribution is 0.0761. The van der Waals surface area contributed by atoms with Crippen LogP contribution in [0.25, 0.3) is 5.69 Å². The fourth-order valence-electron chi connectivity index (χ4n) is 4.06. The average molecular weight is 389 g/mol. The number of nitrogens with zero attached hydrogens (tertiary/aromatic N) is 4. The van der Waals surface area contributed by atoms with Gasteiger partial charge in [-0.15, -0.1) is 0 Å². The number of pyridine rings is 1. The second-order valence-corrected chi connectivity index (χ2v) is 7.74. The van der Waals surface area contributed by atoms with Crippen LogP contribution in [-0.4, -0.2) is 51.4 Å². The van der Waals surface area contributed by atoms with E-state index in [-0.39, 0.29) is 5.91 Å². The van der Waals surface area contributed by atoms with Gasteiger partial charge in [0.05, 0.1) is 5.69 Å². The van der Waals surface area contributed by atoms with Gasteiger partial charge in [-0.2, -0.15) is 0 Å². The summed E-state index contributed by atoms with van der Waals surface area (Å²) in [6, 6.07) is 18.2. The molecule has 1 aliphatic rings. The predicted octanol–water partition coefficient (Wildman–Crippen LogP) is 3.84. The molecular formula is C24H28N4O. The van der Waals surface area contributed by atoms with Gasteiger partial charge < -0.3 is 9.47 Å². The smallest absolute Gasteiger partial charge is 0.253 e. The zero-order valence-corrected chi connectivity index (χ0v) is 17.2. The highest BCUT2D eigenvalue weighted by Gasteiger charge is 2.20. The molecule has 0 bridgehead atoms. The van der Waals surface area contributed by atoms with Gasteiger partial charge in [0.2, 0.25) is 0 Å². The van der Waals surface area contributed by atoms with Gasteiger partial charge in [-0.05, 0) is 68.8 Å². The van der Waals surface area contributed by atoms with Crippen molar-refractivity contribution >= 4 is 5.91 Å². The van der Waals surface area contributed by atoms with Crippen molar-refractivity contribution < 1.29 is 4.79 Å². The molecule has 0 N–H and O–H groups in total. The zero-order chi connectivity index (χ0) is 20.2. The lowest BCUT2D eigenvalue weighted by Gasteiger charge is -2.22. The maximum atomic E-state index is 13.0. The van der Waals surface area contributed by atoms with Gasteiger partial charge in [0, 0.05) is 61.6 Å². The molecule has 4 rings (SSSR count). The summed E-state index contributed by atoms with van der Waals surface area (Å²) in [5.41, 5.74) is 5.33. The van der Waals surface area contributed by atoms with E-state index in [9.17, 15) is 4.79 Å². The second kappa shape index (κ2) is 8.62. The number of aryl methyl sites for hydroxylation is 2. The van der Waals surface area contributed by atoms with E-state index in [1.54, 1.807) is 0 Å². The number of hydrogen-bond donors (Lipinski definition) is 0. The molecule has 150 valence electrons. The van der Waals surface area contributed by atoms with E-state index in [1.165, 1.54) is 11.4 Å². The SMILES string of the molecule is Cc1ccc(C)n1-c1ccc(C(=O)N2CCCN(Cc3ccccn3)CC2)cc1. The van der Waals surface area contributed by atoms with Gasteiger partial charge in [-0.3, -0.25) is 14.7 Å². The zero-order valence-electron chi connectivity index (χ0n) is 17.2. The fraction of sp³-hybridized carbons (Fsp3) is 0.333. The summed E-state index contributed by atoms with van der Waals surface area (Å²) in [5.74, 6) is 0.122. The molecule has 0 spiro atoms. The van der Waals surface area contributed by atoms with Crippen LogP contribution in [-0.2, 0) is 6.54 Å². The molecule has 0 aliphatic carbocycles. The normalized spacial score (nSPS) is 15.3. The highest BCUT2D eigenvalue weighted by Crippen LogP contribution is 2.18. The van der Waals surface area contributed by atoms with Crippen LogP contribution in [0.4, 0.5) is 0 Å². The molecule has 2 aromatic heterocycles. The van der Waals surface area contributed by atoms with Gasteiger partial charge in [-0.25, -0.2) is 0 Å². The fourth-order valence-corrected chi connectivity index (χ4v) is 4.06. The minimum atomic E-state index is 0.122. The van der Waals surface area contributed by atoms with Crippen molar-refractivity contribution in [3.8, 4) is 5.69 Å². The maximum absolute atomic E-state index is 13.0. The molecule has 5 nitrogen and oxygen atoms in total. The van der Waals surface area contributed by atoms with E-state index in [1.807, 2.05) is 47.5 Å². The van der Waals surface area contributed by atoms with Crippen LogP contribution < -0.4 is 0 Å². The lowest BCUT2D eigenvalue weighted by Crippen LogP contribution is -2.35. The Morgan fingerprint density at radius 1 is 0.897 bits per heavy atom. The minimum absolute atomic E-state index is 0.122. The number of carbonyl (C=O) groups is 1. The van der Waals surface area contributed by atoms with Crippen LogP contribution in [0.2, 0.25) is 0 Å². The first-order valence-corrected chi connectivity index (χ1v) is 10.3. The molecule has 1 amide bonds. The first-order chi connectivity index (χ1) is 14.1. The molecule has 1 aliphatic heterocycles. The minimum Gasteiger partial charge on any atom is -0.337 e. The molecule has 29 heavy (non-hydrogen) atoms. The Kier molecular flexibility index (Phi) is 5.76. The van der Waals surface area contributed by atoms with E-state index in [0.717, 1.165) is 56.1 Å². The van der Waals surface area contributed by atoms with Gasteiger partial charge in [0.1, 0.15) is 0 Å². The molecule has 0 saturated carbocycles. The Balaban J connectivity index is 1.40. The molecule has 0 radical (unpaired) electrons.